The van der Waals surface area contributed by atoms with Gasteiger partial charge < -0.3 is 0 Å². The normalized spacial score (nSPS) is 12.0. The summed E-state index contributed by atoms with van der Waals surface area (Å²) in [5.41, 5.74) is 3.01. The Morgan fingerprint density at radius 3 is 2.43 bits per heavy atom. The number of hydrogen-bond acceptors (Lipinski definition) is 3. The number of aryl methyl sites for hydroxylation is 2. The third-order valence-electron chi connectivity index (χ3n) is 3.44. The summed E-state index contributed by atoms with van der Waals surface area (Å²) < 4.78 is 37.8. The molecule has 2 rings (SSSR count). The van der Waals surface area contributed by atoms with Crippen LogP contribution in [0.15, 0.2) is 47.4 Å². The van der Waals surface area contributed by atoms with Gasteiger partial charge in [0.15, 0.2) is 9.84 Å². The van der Waals surface area contributed by atoms with Crippen LogP contribution in [0.25, 0.3) is 6.08 Å². The minimum Gasteiger partial charge on any atom is -0.223 e. The molecule has 2 aromatic rings. The van der Waals surface area contributed by atoms with Crippen LogP contribution in [0.3, 0.4) is 0 Å². The van der Waals surface area contributed by atoms with Gasteiger partial charge in [0.1, 0.15) is 16.8 Å². The molecule has 0 atom stereocenters. The third-order valence-corrected chi connectivity index (χ3v) is 5.03. The number of halogens is 1. The van der Waals surface area contributed by atoms with E-state index in [1.54, 1.807) is 6.07 Å². The number of sulfone groups is 1. The number of nitriles is 1. The fourth-order valence-electron chi connectivity index (χ4n) is 2.13. The highest BCUT2D eigenvalue weighted by atomic mass is 32.2. The van der Waals surface area contributed by atoms with Crippen molar-refractivity contribution < 1.29 is 12.8 Å². The molecule has 118 valence electrons. The molecular weight excluding hydrogens is 313 g/mol. The van der Waals surface area contributed by atoms with Crippen molar-refractivity contribution in [3.8, 4) is 6.07 Å². The minimum atomic E-state index is -3.79. The van der Waals surface area contributed by atoms with Crippen LogP contribution >= 0.6 is 0 Å². The first-order valence-corrected chi connectivity index (χ1v) is 8.63. The van der Waals surface area contributed by atoms with E-state index >= 15 is 0 Å². The van der Waals surface area contributed by atoms with Crippen LogP contribution in [0.2, 0.25) is 0 Å². The van der Waals surface area contributed by atoms with E-state index in [9.17, 15) is 18.1 Å². The first kappa shape index (κ1) is 16.9. The van der Waals surface area contributed by atoms with Gasteiger partial charge in [-0.1, -0.05) is 35.9 Å². The first-order chi connectivity index (χ1) is 10.8. The predicted octanol–water partition coefficient (Wildman–Crippen LogP) is 3.92. The summed E-state index contributed by atoms with van der Waals surface area (Å²) in [6.07, 6.45) is 1.39. The molecule has 0 unspecified atom stereocenters. The number of nitrogens with zero attached hydrogens (tertiary/aromatic N) is 1. The Labute approximate surface area is 135 Å². The predicted molar refractivity (Wildman–Crippen MR) is 88.5 cm³/mol. The fourth-order valence-corrected chi connectivity index (χ4v) is 3.36. The van der Waals surface area contributed by atoms with Gasteiger partial charge in [-0.3, -0.25) is 0 Å². The molecule has 0 aliphatic rings. The highest BCUT2D eigenvalue weighted by Gasteiger charge is 2.19. The van der Waals surface area contributed by atoms with Crippen LogP contribution in [0.5, 0.6) is 0 Å². The molecule has 5 heteroatoms. The van der Waals surface area contributed by atoms with Crippen LogP contribution in [0.4, 0.5) is 4.39 Å². The second-order valence-corrected chi connectivity index (χ2v) is 7.32. The molecule has 0 spiro atoms. The zero-order chi connectivity index (χ0) is 17.0. The van der Waals surface area contributed by atoms with Crippen molar-refractivity contribution in [1.82, 2.24) is 0 Å². The van der Waals surface area contributed by atoms with Crippen molar-refractivity contribution in [2.75, 3.05) is 0 Å². The van der Waals surface area contributed by atoms with Crippen LogP contribution in [0, 0.1) is 31.0 Å². The monoisotopic (exact) mass is 329 g/mol. The van der Waals surface area contributed by atoms with Gasteiger partial charge in [-0.15, -0.1) is 0 Å². The largest absolute Gasteiger partial charge is 0.223 e. The van der Waals surface area contributed by atoms with Gasteiger partial charge in [0.2, 0.25) is 0 Å². The molecule has 0 aliphatic heterocycles. The maximum absolute atomic E-state index is 12.9. The Morgan fingerprint density at radius 2 is 1.83 bits per heavy atom. The van der Waals surface area contributed by atoms with Gasteiger partial charge >= 0.3 is 0 Å². The molecule has 3 nitrogen and oxygen atoms in total. The highest BCUT2D eigenvalue weighted by molar-refractivity contribution is 7.95. The van der Waals surface area contributed by atoms with Crippen molar-refractivity contribution in [2.24, 2.45) is 0 Å². The average Bonchev–Trinajstić information content (AvgIpc) is 2.50. The van der Waals surface area contributed by atoms with Crippen molar-refractivity contribution in [2.45, 2.75) is 19.6 Å². The van der Waals surface area contributed by atoms with Crippen LogP contribution in [0.1, 0.15) is 22.3 Å². The van der Waals surface area contributed by atoms with Gasteiger partial charge in [0.05, 0.1) is 5.75 Å². The Kier molecular flexibility index (Phi) is 4.97. The smallest absolute Gasteiger partial charge is 0.192 e. The Morgan fingerprint density at radius 1 is 1.17 bits per heavy atom. The molecule has 0 aliphatic carbocycles. The summed E-state index contributed by atoms with van der Waals surface area (Å²) in [5.74, 6) is -0.769. The van der Waals surface area contributed by atoms with E-state index in [0.29, 0.717) is 11.1 Å². The lowest BCUT2D eigenvalue weighted by Crippen LogP contribution is -2.06. The lowest BCUT2D eigenvalue weighted by Gasteiger charge is -2.06. The second kappa shape index (κ2) is 6.76. The van der Waals surface area contributed by atoms with Crippen LogP contribution in [-0.4, -0.2) is 8.42 Å². The van der Waals surface area contributed by atoms with Gasteiger partial charge in [-0.2, -0.15) is 5.26 Å². The first-order valence-electron chi connectivity index (χ1n) is 6.98. The molecule has 0 radical (unpaired) electrons. The number of hydrogen-bond donors (Lipinski definition) is 0. The number of allylic oxidation sites excluding steroid dienone is 1. The van der Waals surface area contributed by atoms with Gasteiger partial charge in [0, 0.05) is 0 Å². The SMILES string of the molecule is Cc1ccc(C)c(/C=C(\C#N)S(=O)(=O)Cc2ccc(F)cc2)c1. The summed E-state index contributed by atoms with van der Waals surface area (Å²) >= 11 is 0. The van der Waals surface area contributed by atoms with Crippen molar-refractivity contribution >= 4 is 15.9 Å². The molecule has 0 saturated carbocycles. The Bertz CT molecular complexity index is 892. The van der Waals surface area contributed by atoms with E-state index in [2.05, 4.69) is 0 Å². The molecule has 0 heterocycles. The molecular formula is C18H16FNO2S. The lowest BCUT2D eigenvalue weighted by atomic mass is 10.1. The summed E-state index contributed by atoms with van der Waals surface area (Å²) in [6, 6.07) is 12.6. The van der Waals surface area contributed by atoms with E-state index in [-0.39, 0.29) is 10.7 Å². The molecule has 0 saturated heterocycles. The summed E-state index contributed by atoms with van der Waals surface area (Å²) in [4.78, 5) is -0.296. The quantitative estimate of drug-likeness (QED) is 0.799. The highest BCUT2D eigenvalue weighted by Crippen LogP contribution is 2.20. The topological polar surface area (TPSA) is 57.9 Å². The van der Waals surface area contributed by atoms with Gasteiger partial charge in [0.25, 0.3) is 0 Å². The summed E-state index contributed by atoms with van der Waals surface area (Å²) in [5, 5.41) is 9.25. The lowest BCUT2D eigenvalue weighted by molar-refractivity contribution is 0.602. The number of benzene rings is 2. The van der Waals surface area contributed by atoms with Gasteiger partial charge in [-0.25, -0.2) is 12.8 Å². The molecule has 0 aromatic heterocycles. The van der Waals surface area contributed by atoms with Crippen molar-refractivity contribution in [1.29, 1.82) is 5.26 Å². The van der Waals surface area contributed by atoms with E-state index in [1.807, 2.05) is 32.0 Å². The molecule has 0 fully saturated rings. The van der Waals surface area contributed by atoms with Crippen LogP contribution < -0.4 is 0 Å². The van der Waals surface area contributed by atoms with Crippen molar-refractivity contribution in [3.05, 3.63) is 75.4 Å². The van der Waals surface area contributed by atoms with E-state index in [1.165, 1.54) is 30.3 Å². The summed E-state index contributed by atoms with van der Waals surface area (Å²) in [7, 11) is -3.79. The maximum atomic E-state index is 12.9. The fraction of sp³-hybridized carbons (Fsp3) is 0.167. The molecule has 0 amide bonds. The van der Waals surface area contributed by atoms with E-state index in [0.717, 1.165) is 11.1 Å². The standard InChI is InChI=1S/C18H16FNO2S/c1-13-3-4-14(2)16(9-13)10-18(11-20)23(21,22)12-15-5-7-17(19)8-6-15/h3-10H,12H2,1-2H3/b18-10+. The minimum absolute atomic E-state index is 0.296. The summed E-state index contributed by atoms with van der Waals surface area (Å²) in [6.45, 7) is 3.75. The number of rotatable bonds is 4. The van der Waals surface area contributed by atoms with Gasteiger partial charge in [-0.05, 0) is 48.7 Å². The molecule has 0 N–H and O–H groups in total. The zero-order valence-electron chi connectivity index (χ0n) is 12.9. The van der Waals surface area contributed by atoms with Crippen molar-refractivity contribution in [3.63, 3.8) is 0 Å². The second-order valence-electron chi connectivity index (χ2n) is 5.37. The Balaban J connectivity index is 2.39. The maximum Gasteiger partial charge on any atom is 0.192 e. The van der Waals surface area contributed by atoms with E-state index in [4.69, 9.17) is 0 Å². The zero-order valence-corrected chi connectivity index (χ0v) is 13.7. The van der Waals surface area contributed by atoms with Crippen LogP contribution in [-0.2, 0) is 15.6 Å². The third kappa shape index (κ3) is 4.27. The molecule has 2 aromatic carbocycles. The Hall–Kier alpha value is -2.45. The van der Waals surface area contributed by atoms with E-state index < -0.39 is 15.7 Å². The average molecular weight is 329 g/mol. The molecule has 0 bridgehead atoms. The molecule has 23 heavy (non-hydrogen) atoms.